The zero-order valence-corrected chi connectivity index (χ0v) is 20.5. The standard InChI is InChI=1S/C24H32ClN5O4/c1-4-5-6-9-26-23-28-21(25)18(17-11-16-10-13(2)27-14(3)19(16)34-17)22(29-23)30-24(33)8-7-15(12-31)20(24)32/h10-11,15,20,31-33H,4-9,12H2,1-3H3,(H2,26,28,29,30). The summed E-state index contributed by atoms with van der Waals surface area (Å²) in [6.45, 7) is 6.37. The largest absolute Gasteiger partial charge is 0.454 e. The van der Waals surface area contributed by atoms with Gasteiger partial charge in [0.15, 0.2) is 11.3 Å². The minimum atomic E-state index is -1.68. The van der Waals surface area contributed by atoms with Crippen LogP contribution in [0.15, 0.2) is 16.5 Å². The predicted octanol–water partition coefficient (Wildman–Crippen LogP) is 4.02. The number of aliphatic hydroxyl groups excluding tert-OH is 2. The highest BCUT2D eigenvalue weighted by atomic mass is 35.5. The number of unbranched alkanes of at least 4 members (excludes halogenated alkanes) is 2. The Balaban J connectivity index is 1.76. The predicted molar refractivity (Wildman–Crippen MR) is 132 cm³/mol. The summed E-state index contributed by atoms with van der Waals surface area (Å²) >= 11 is 6.64. The van der Waals surface area contributed by atoms with Crippen molar-refractivity contribution < 1.29 is 19.7 Å². The first-order valence-corrected chi connectivity index (χ1v) is 12.1. The molecule has 0 spiro atoms. The molecule has 3 atom stereocenters. The monoisotopic (exact) mass is 489 g/mol. The van der Waals surface area contributed by atoms with Gasteiger partial charge in [-0.1, -0.05) is 31.4 Å². The van der Waals surface area contributed by atoms with E-state index < -0.39 is 17.7 Å². The Morgan fingerprint density at radius 3 is 2.71 bits per heavy atom. The van der Waals surface area contributed by atoms with Crippen LogP contribution in [0.25, 0.3) is 22.3 Å². The highest BCUT2D eigenvalue weighted by molar-refractivity contribution is 6.32. The molecule has 3 aromatic heterocycles. The van der Waals surface area contributed by atoms with E-state index in [9.17, 15) is 15.3 Å². The number of furan rings is 1. The van der Waals surface area contributed by atoms with Gasteiger partial charge in [-0.3, -0.25) is 4.98 Å². The highest BCUT2D eigenvalue weighted by Crippen LogP contribution is 2.41. The number of halogens is 1. The molecule has 0 aliphatic heterocycles. The molecule has 0 bridgehead atoms. The van der Waals surface area contributed by atoms with Gasteiger partial charge in [-0.15, -0.1) is 0 Å². The molecule has 1 aliphatic carbocycles. The van der Waals surface area contributed by atoms with E-state index in [1.54, 1.807) is 0 Å². The van der Waals surface area contributed by atoms with Crippen LogP contribution in [0.2, 0.25) is 5.15 Å². The number of fused-ring (bicyclic) bond motifs is 1. The molecule has 0 amide bonds. The average molecular weight is 490 g/mol. The van der Waals surface area contributed by atoms with Gasteiger partial charge in [0.05, 0.1) is 11.3 Å². The smallest absolute Gasteiger partial charge is 0.226 e. The first-order valence-electron chi connectivity index (χ1n) is 11.7. The summed E-state index contributed by atoms with van der Waals surface area (Å²) in [7, 11) is 0. The van der Waals surface area contributed by atoms with Crippen LogP contribution in [0.3, 0.4) is 0 Å². The van der Waals surface area contributed by atoms with Crippen LogP contribution in [0.1, 0.15) is 50.4 Å². The molecule has 0 radical (unpaired) electrons. The molecular weight excluding hydrogens is 458 g/mol. The molecule has 3 heterocycles. The third kappa shape index (κ3) is 4.84. The molecule has 5 N–H and O–H groups in total. The number of hydrogen-bond acceptors (Lipinski definition) is 9. The maximum atomic E-state index is 11.2. The fraction of sp³-hybridized carbons (Fsp3) is 0.542. The van der Waals surface area contributed by atoms with Gasteiger partial charge in [-0.05, 0) is 45.2 Å². The van der Waals surface area contributed by atoms with Crippen LogP contribution in [0.4, 0.5) is 11.8 Å². The lowest BCUT2D eigenvalue weighted by molar-refractivity contribution is -0.0545. The van der Waals surface area contributed by atoms with Gasteiger partial charge in [-0.25, -0.2) is 4.98 Å². The molecule has 10 heteroatoms. The van der Waals surface area contributed by atoms with E-state index in [-0.39, 0.29) is 24.0 Å². The number of rotatable bonds is 9. The third-order valence-electron chi connectivity index (χ3n) is 6.37. The molecule has 34 heavy (non-hydrogen) atoms. The van der Waals surface area contributed by atoms with Crippen LogP contribution < -0.4 is 10.6 Å². The van der Waals surface area contributed by atoms with Crippen molar-refractivity contribution in [2.45, 2.75) is 64.7 Å². The Labute approximate surface area is 203 Å². The summed E-state index contributed by atoms with van der Waals surface area (Å²) in [5.74, 6) is 0.532. The fourth-order valence-corrected chi connectivity index (χ4v) is 4.78. The molecule has 0 aromatic carbocycles. The molecule has 1 fully saturated rings. The molecule has 1 saturated carbocycles. The molecule has 9 nitrogen and oxygen atoms in total. The molecule has 3 aromatic rings. The van der Waals surface area contributed by atoms with Crippen molar-refractivity contribution in [2.75, 3.05) is 23.8 Å². The Hall–Kier alpha value is -2.46. The zero-order chi connectivity index (χ0) is 24.5. The summed E-state index contributed by atoms with van der Waals surface area (Å²) in [5.41, 5.74) is 0.937. The summed E-state index contributed by atoms with van der Waals surface area (Å²) < 4.78 is 6.11. The Morgan fingerprint density at radius 2 is 2.00 bits per heavy atom. The summed E-state index contributed by atoms with van der Waals surface area (Å²) in [5, 5.41) is 38.6. The van der Waals surface area contributed by atoms with Gasteiger partial charge in [0, 0.05) is 30.1 Å². The SMILES string of the molecule is CCCCCNc1nc(Cl)c(-c2cc3cc(C)nc(C)c3o2)c(NC2(O)CCC(CO)C2O)n1. The summed E-state index contributed by atoms with van der Waals surface area (Å²) in [6, 6.07) is 3.76. The first-order chi connectivity index (χ1) is 16.3. The van der Waals surface area contributed by atoms with Gasteiger partial charge < -0.3 is 30.4 Å². The van der Waals surface area contributed by atoms with E-state index in [1.165, 1.54) is 0 Å². The Bertz CT molecular complexity index is 1170. The second-order valence-corrected chi connectivity index (χ2v) is 9.41. The van der Waals surface area contributed by atoms with E-state index in [4.69, 9.17) is 16.0 Å². The minimum absolute atomic E-state index is 0.145. The molecule has 0 saturated heterocycles. The average Bonchev–Trinajstić information content (AvgIpc) is 3.32. The summed E-state index contributed by atoms with van der Waals surface area (Å²) in [4.78, 5) is 13.5. The maximum Gasteiger partial charge on any atom is 0.226 e. The number of aromatic nitrogens is 3. The minimum Gasteiger partial charge on any atom is -0.454 e. The van der Waals surface area contributed by atoms with E-state index in [1.807, 2.05) is 26.0 Å². The molecule has 3 unspecified atom stereocenters. The quantitative estimate of drug-likeness (QED) is 0.171. The number of nitrogens with zero attached hydrogens (tertiary/aromatic N) is 3. The lowest BCUT2D eigenvalue weighted by Gasteiger charge is -2.30. The number of aryl methyl sites for hydroxylation is 2. The Kier molecular flexibility index (Phi) is 7.28. The van der Waals surface area contributed by atoms with Crippen LogP contribution in [-0.2, 0) is 0 Å². The highest BCUT2D eigenvalue weighted by Gasteiger charge is 2.47. The van der Waals surface area contributed by atoms with Crippen molar-refractivity contribution in [3.63, 3.8) is 0 Å². The lowest BCUT2D eigenvalue weighted by Crippen LogP contribution is -2.48. The van der Waals surface area contributed by atoms with Gasteiger partial charge >= 0.3 is 0 Å². The molecule has 184 valence electrons. The van der Waals surface area contributed by atoms with Crippen molar-refractivity contribution in [3.8, 4) is 11.3 Å². The van der Waals surface area contributed by atoms with Crippen molar-refractivity contribution >= 4 is 34.3 Å². The molecule has 1 aliphatic rings. The maximum absolute atomic E-state index is 11.2. The first kappa shape index (κ1) is 24.7. The van der Waals surface area contributed by atoms with Crippen molar-refractivity contribution in [3.05, 3.63) is 28.7 Å². The number of nitrogens with one attached hydrogen (secondary N) is 2. The normalized spacial score (nSPS) is 22.4. The van der Waals surface area contributed by atoms with Crippen LogP contribution in [0, 0.1) is 19.8 Å². The van der Waals surface area contributed by atoms with Crippen LogP contribution in [-0.4, -0.2) is 55.3 Å². The van der Waals surface area contributed by atoms with Gasteiger partial charge in [0.25, 0.3) is 0 Å². The third-order valence-corrected chi connectivity index (χ3v) is 6.65. The van der Waals surface area contributed by atoms with E-state index in [2.05, 4.69) is 32.5 Å². The molecule has 4 rings (SSSR count). The topological polar surface area (TPSA) is 137 Å². The van der Waals surface area contributed by atoms with Gasteiger partial charge in [-0.2, -0.15) is 4.98 Å². The molecular formula is C24H32ClN5O4. The van der Waals surface area contributed by atoms with Gasteiger partial charge in [0.1, 0.15) is 22.8 Å². The fourth-order valence-electron chi connectivity index (χ4n) is 4.52. The lowest BCUT2D eigenvalue weighted by atomic mass is 10.0. The van der Waals surface area contributed by atoms with Crippen molar-refractivity contribution in [1.29, 1.82) is 0 Å². The van der Waals surface area contributed by atoms with Gasteiger partial charge in [0.2, 0.25) is 5.95 Å². The van der Waals surface area contributed by atoms with E-state index >= 15 is 0 Å². The van der Waals surface area contributed by atoms with Crippen LogP contribution in [0.5, 0.6) is 0 Å². The van der Waals surface area contributed by atoms with E-state index in [0.717, 1.165) is 36.0 Å². The zero-order valence-electron chi connectivity index (χ0n) is 19.7. The number of hydrogen-bond donors (Lipinski definition) is 5. The summed E-state index contributed by atoms with van der Waals surface area (Å²) in [6.07, 6.45) is 2.65. The second kappa shape index (κ2) is 10.0. The second-order valence-electron chi connectivity index (χ2n) is 9.05. The van der Waals surface area contributed by atoms with Crippen LogP contribution >= 0.6 is 11.6 Å². The van der Waals surface area contributed by atoms with Crippen molar-refractivity contribution in [2.24, 2.45) is 5.92 Å². The van der Waals surface area contributed by atoms with Crippen molar-refractivity contribution in [1.82, 2.24) is 15.0 Å². The Morgan fingerprint density at radius 1 is 1.21 bits per heavy atom. The van der Waals surface area contributed by atoms with E-state index in [0.29, 0.717) is 35.8 Å². The number of anilines is 2. The number of pyridine rings is 1. The number of aliphatic hydroxyl groups is 3.